The third kappa shape index (κ3) is 2.72. The Bertz CT molecular complexity index is 521. The summed E-state index contributed by atoms with van der Waals surface area (Å²) in [5.74, 6) is 5.73. The van der Waals surface area contributed by atoms with Crippen molar-refractivity contribution in [2.75, 3.05) is 7.11 Å². The van der Waals surface area contributed by atoms with E-state index < -0.39 is 0 Å². The van der Waals surface area contributed by atoms with Gasteiger partial charge in [0.05, 0.1) is 11.6 Å². The summed E-state index contributed by atoms with van der Waals surface area (Å²) in [4.78, 5) is 0. The molecule has 1 aromatic heterocycles. The number of nitrogens with two attached hydrogens (primary N) is 1. The second-order valence-electron chi connectivity index (χ2n) is 5.07. The van der Waals surface area contributed by atoms with Crippen LogP contribution >= 0.6 is 11.3 Å². The van der Waals surface area contributed by atoms with Gasteiger partial charge in [0.25, 0.3) is 0 Å². The zero-order valence-corrected chi connectivity index (χ0v) is 11.9. The Morgan fingerprint density at radius 2 is 2.17 bits per heavy atom. The molecule has 0 bridgehead atoms. The van der Waals surface area contributed by atoms with Crippen LogP contribution in [0, 0.1) is 0 Å². The molecule has 0 spiro atoms. The summed E-state index contributed by atoms with van der Waals surface area (Å²) in [5, 5.41) is 3.39. The molecule has 0 fully saturated rings. The highest BCUT2D eigenvalue weighted by molar-refractivity contribution is 7.17. The highest BCUT2D eigenvalue weighted by atomic mass is 32.1. The Hall–Kier alpha value is -0.940. The summed E-state index contributed by atoms with van der Waals surface area (Å²) in [6.45, 7) is 4.15. The Labute approximate surface area is 112 Å². The predicted molar refractivity (Wildman–Crippen MR) is 77.6 cm³/mol. The van der Waals surface area contributed by atoms with Gasteiger partial charge in [0.15, 0.2) is 0 Å². The van der Waals surface area contributed by atoms with E-state index in [4.69, 9.17) is 10.6 Å². The fraction of sp³-hybridized carbons (Fsp3) is 0.429. The Kier molecular flexibility index (Phi) is 4.02. The highest BCUT2D eigenvalue weighted by Gasteiger charge is 2.24. The zero-order valence-electron chi connectivity index (χ0n) is 11.1. The van der Waals surface area contributed by atoms with Crippen LogP contribution in [-0.2, 0) is 4.74 Å². The minimum absolute atomic E-state index is 0.0994. The molecule has 18 heavy (non-hydrogen) atoms. The molecule has 4 heteroatoms. The number of hydrazine groups is 1. The number of methoxy groups -OCH3 is 1. The first-order valence-corrected chi connectivity index (χ1v) is 6.93. The summed E-state index contributed by atoms with van der Waals surface area (Å²) in [5.41, 5.74) is 3.96. The third-order valence-electron chi connectivity index (χ3n) is 3.33. The van der Waals surface area contributed by atoms with E-state index in [2.05, 4.69) is 48.9 Å². The summed E-state index contributed by atoms with van der Waals surface area (Å²) < 4.78 is 6.79. The topological polar surface area (TPSA) is 47.3 Å². The molecule has 1 unspecified atom stereocenters. The number of ether oxygens (including phenoxy) is 1. The first kappa shape index (κ1) is 13.5. The number of benzene rings is 1. The molecule has 0 aliphatic heterocycles. The maximum atomic E-state index is 5.73. The van der Waals surface area contributed by atoms with E-state index in [1.165, 1.54) is 15.6 Å². The molecule has 0 saturated carbocycles. The molecule has 2 rings (SSSR count). The molecule has 3 nitrogen and oxygen atoms in total. The van der Waals surface area contributed by atoms with E-state index in [1.54, 1.807) is 18.4 Å². The zero-order chi connectivity index (χ0) is 13.2. The average molecular weight is 264 g/mol. The van der Waals surface area contributed by atoms with Crippen LogP contribution in [0.15, 0.2) is 29.6 Å². The van der Waals surface area contributed by atoms with Gasteiger partial charge in [0.2, 0.25) is 0 Å². The first-order valence-electron chi connectivity index (χ1n) is 6.05. The average Bonchev–Trinajstić information content (AvgIpc) is 2.84. The summed E-state index contributed by atoms with van der Waals surface area (Å²) in [7, 11) is 1.74. The lowest BCUT2D eigenvalue weighted by Gasteiger charge is -2.28. The Balaban J connectivity index is 2.35. The molecular formula is C14H20N2OS. The molecule has 98 valence electrons. The molecule has 0 aliphatic carbocycles. The quantitative estimate of drug-likeness (QED) is 0.644. The van der Waals surface area contributed by atoms with Crippen molar-refractivity contribution in [1.82, 2.24) is 5.43 Å². The Morgan fingerprint density at radius 1 is 1.39 bits per heavy atom. The van der Waals surface area contributed by atoms with Crippen molar-refractivity contribution in [3.05, 3.63) is 35.2 Å². The molecule has 1 heterocycles. The van der Waals surface area contributed by atoms with Gasteiger partial charge < -0.3 is 4.74 Å². The molecule has 1 atom stereocenters. The summed E-state index contributed by atoms with van der Waals surface area (Å²) in [6.07, 6.45) is 0.830. The van der Waals surface area contributed by atoms with Crippen molar-refractivity contribution in [2.24, 2.45) is 5.84 Å². The van der Waals surface area contributed by atoms with E-state index in [1.807, 2.05) is 0 Å². The minimum Gasteiger partial charge on any atom is -0.379 e. The number of thiophene rings is 1. The van der Waals surface area contributed by atoms with E-state index in [0.29, 0.717) is 0 Å². The number of fused-ring (bicyclic) bond motifs is 1. The summed E-state index contributed by atoms with van der Waals surface area (Å²) in [6, 6.07) is 8.58. The number of hydrogen-bond donors (Lipinski definition) is 2. The van der Waals surface area contributed by atoms with Gasteiger partial charge in [0, 0.05) is 11.8 Å². The fourth-order valence-corrected chi connectivity index (χ4v) is 3.09. The highest BCUT2D eigenvalue weighted by Crippen LogP contribution is 2.33. The lowest BCUT2D eigenvalue weighted by atomic mass is 9.93. The minimum atomic E-state index is -0.198. The molecule has 0 radical (unpaired) electrons. The van der Waals surface area contributed by atoms with Crippen LogP contribution in [0.4, 0.5) is 0 Å². The molecule has 1 aromatic carbocycles. The van der Waals surface area contributed by atoms with Crippen LogP contribution in [0.2, 0.25) is 0 Å². The number of rotatable bonds is 5. The summed E-state index contributed by atoms with van der Waals surface area (Å²) >= 11 is 1.75. The van der Waals surface area contributed by atoms with Crippen LogP contribution in [0.5, 0.6) is 0 Å². The lowest BCUT2D eigenvalue weighted by Crippen LogP contribution is -2.35. The smallest absolute Gasteiger partial charge is 0.0641 e. The van der Waals surface area contributed by atoms with Gasteiger partial charge in [-0.3, -0.25) is 11.3 Å². The van der Waals surface area contributed by atoms with E-state index in [0.717, 1.165) is 6.42 Å². The predicted octanol–water partition coefficient (Wildman–Crippen LogP) is 3.22. The molecule has 2 aromatic rings. The van der Waals surface area contributed by atoms with Crippen molar-refractivity contribution in [2.45, 2.75) is 31.9 Å². The Morgan fingerprint density at radius 3 is 2.83 bits per heavy atom. The largest absolute Gasteiger partial charge is 0.379 e. The van der Waals surface area contributed by atoms with Crippen LogP contribution in [-0.4, -0.2) is 12.7 Å². The number of hydrogen-bond acceptors (Lipinski definition) is 4. The van der Waals surface area contributed by atoms with Gasteiger partial charge in [-0.15, -0.1) is 11.3 Å². The normalized spacial score (nSPS) is 14.0. The monoisotopic (exact) mass is 264 g/mol. The standard InChI is InChI=1S/C14H20N2OS/c1-14(2,17-3)9-12(16-15)11-6-4-5-10-7-8-18-13(10)11/h4-8,12,16H,9,15H2,1-3H3. The second-order valence-corrected chi connectivity index (χ2v) is 5.99. The number of nitrogens with one attached hydrogen (secondary N) is 1. The van der Waals surface area contributed by atoms with Gasteiger partial charge in [-0.1, -0.05) is 18.2 Å². The van der Waals surface area contributed by atoms with Crippen molar-refractivity contribution in [3.8, 4) is 0 Å². The van der Waals surface area contributed by atoms with E-state index in [9.17, 15) is 0 Å². The molecule has 0 aliphatic rings. The molecular weight excluding hydrogens is 244 g/mol. The first-order chi connectivity index (χ1) is 8.57. The van der Waals surface area contributed by atoms with Crippen LogP contribution in [0.1, 0.15) is 31.9 Å². The fourth-order valence-electron chi connectivity index (χ4n) is 2.12. The maximum absolute atomic E-state index is 5.73. The molecule has 0 amide bonds. The van der Waals surface area contributed by atoms with Gasteiger partial charge in [0.1, 0.15) is 0 Å². The van der Waals surface area contributed by atoms with Crippen molar-refractivity contribution >= 4 is 21.4 Å². The molecule has 0 saturated heterocycles. The SMILES string of the molecule is COC(C)(C)CC(NN)c1cccc2ccsc12. The van der Waals surface area contributed by atoms with Gasteiger partial charge in [-0.2, -0.15) is 0 Å². The van der Waals surface area contributed by atoms with E-state index >= 15 is 0 Å². The van der Waals surface area contributed by atoms with Gasteiger partial charge >= 0.3 is 0 Å². The van der Waals surface area contributed by atoms with E-state index in [-0.39, 0.29) is 11.6 Å². The van der Waals surface area contributed by atoms with Crippen LogP contribution in [0.3, 0.4) is 0 Å². The molecule has 3 N–H and O–H groups in total. The van der Waals surface area contributed by atoms with Gasteiger partial charge in [-0.05, 0) is 42.7 Å². The van der Waals surface area contributed by atoms with Gasteiger partial charge in [-0.25, -0.2) is 0 Å². The maximum Gasteiger partial charge on any atom is 0.0641 e. The third-order valence-corrected chi connectivity index (χ3v) is 4.31. The van der Waals surface area contributed by atoms with Crippen LogP contribution < -0.4 is 11.3 Å². The van der Waals surface area contributed by atoms with Crippen molar-refractivity contribution < 1.29 is 4.74 Å². The van der Waals surface area contributed by atoms with Crippen LogP contribution in [0.25, 0.3) is 10.1 Å². The van der Waals surface area contributed by atoms with Crippen molar-refractivity contribution in [3.63, 3.8) is 0 Å². The lowest BCUT2D eigenvalue weighted by molar-refractivity contribution is 0.00694. The van der Waals surface area contributed by atoms with Crippen molar-refractivity contribution in [1.29, 1.82) is 0 Å². The second kappa shape index (κ2) is 5.36.